The first-order valence-electron chi connectivity index (χ1n) is 6.48. The Morgan fingerprint density at radius 2 is 1.75 bits per heavy atom. The monoisotopic (exact) mass is 269 g/mol. The average Bonchev–Trinajstić information content (AvgIpc) is 2.48. The fourth-order valence-electron chi connectivity index (χ4n) is 2.70. The maximum Gasteiger partial charge on any atom is 0.340 e. The molecular formula is C16H15NO3. The van der Waals surface area contributed by atoms with E-state index in [0.717, 1.165) is 5.56 Å². The van der Waals surface area contributed by atoms with Crippen molar-refractivity contribution in [2.24, 2.45) is 0 Å². The van der Waals surface area contributed by atoms with E-state index in [2.05, 4.69) is 5.32 Å². The summed E-state index contributed by atoms with van der Waals surface area (Å²) in [4.78, 5) is 11.5. The van der Waals surface area contributed by atoms with Crippen molar-refractivity contribution < 1.29 is 15.0 Å². The van der Waals surface area contributed by atoms with Crippen LogP contribution in [0.15, 0.2) is 54.6 Å². The molecule has 2 aromatic rings. The lowest BCUT2D eigenvalue weighted by molar-refractivity contribution is -0.161. The van der Waals surface area contributed by atoms with Gasteiger partial charge in [-0.3, -0.25) is 0 Å². The molecule has 1 aliphatic rings. The van der Waals surface area contributed by atoms with Gasteiger partial charge in [0, 0.05) is 17.7 Å². The van der Waals surface area contributed by atoms with Crippen molar-refractivity contribution in [2.45, 2.75) is 18.1 Å². The highest BCUT2D eigenvalue weighted by molar-refractivity contribution is 5.83. The molecule has 0 radical (unpaired) electrons. The van der Waals surface area contributed by atoms with Crippen LogP contribution in [0, 0.1) is 0 Å². The standard InChI is InChI=1S/C16H15NO3/c18-15(19)16(20)10-14(11-6-2-1-3-7-11)17-13-9-5-4-8-12(13)16/h1-9,14,17,20H,10H2,(H,18,19). The molecule has 3 rings (SSSR count). The van der Waals surface area contributed by atoms with Gasteiger partial charge in [-0.05, 0) is 11.6 Å². The molecule has 4 heteroatoms. The summed E-state index contributed by atoms with van der Waals surface area (Å²) >= 11 is 0. The molecule has 0 aliphatic carbocycles. The number of aliphatic carboxylic acids is 1. The fraction of sp³-hybridized carbons (Fsp3) is 0.188. The van der Waals surface area contributed by atoms with E-state index in [1.165, 1.54) is 0 Å². The first-order valence-corrected chi connectivity index (χ1v) is 6.48. The number of hydrogen-bond acceptors (Lipinski definition) is 3. The molecule has 1 heterocycles. The molecule has 102 valence electrons. The summed E-state index contributed by atoms with van der Waals surface area (Å²) in [6.45, 7) is 0. The molecule has 0 bridgehead atoms. The molecular weight excluding hydrogens is 254 g/mol. The lowest BCUT2D eigenvalue weighted by atomic mass is 9.81. The lowest BCUT2D eigenvalue weighted by Gasteiger charge is -2.37. The molecule has 0 saturated carbocycles. The Balaban J connectivity index is 2.08. The Labute approximate surface area is 116 Å². The van der Waals surface area contributed by atoms with E-state index < -0.39 is 11.6 Å². The van der Waals surface area contributed by atoms with E-state index in [1.807, 2.05) is 36.4 Å². The number of anilines is 1. The van der Waals surface area contributed by atoms with Crippen molar-refractivity contribution in [3.63, 3.8) is 0 Å². The lowest BCUT2D eigenvalue weighted by Crippen LogP contribution is -2.42. The van der Waals surface area contributed by atoms with E-state index in [1.54, 1.807) is 18.2 Å². The zero-order valence-corrected chi connectivity index (χ0v) is 10.8. The Morgan fingerprint density at radius 3 is 2.45 bits per heavy atom. The highest BCUT2D eigenvalue weighted by atomic mass is 16.4. The Morgan fingerprint density at radius 1 is 1.10 bits per heavy atom. The number of carboxylic acids is 1. The molecule has 0 saturated heterocycles. The largest absolute Gasteiger partial charge is 0.479 e. The smallest absolute Gasteiger partial charge is 0.340 e. The summed E-state index contributed by atoms with van der Waals surface area (Å²) in [6, 6.07) is 16.3. The van der Waals surface area contributed by atoms with E-state index in [-0.39, 0.29) is 12.5 Å². The van der Waals surface area contributed by atoms with Crippen LogP contribution in [-0.2, 0) is 10.4 Å². The van der Waals surface area contributed by atoms with Crippen LogP contribution in [0.2, 0.25) is 0 Å². The van der Waals surface area contributed by atoms with Gasteiger partial charge in [-0.25, -0.2) is 4.79 Å². The maximum absolute atomic E-state index is 11.5. The molecule has 1 aliphatic heterocycles. The second-order valence-corrected chi connectivity index (χ2v) is 5.02. The van der Waals surface area contributed by atoms with Crippen LogP contribution in [-0.4, -0.2) is 16.2 Å². The topological polar surface area (TPSA) is 69.6 Å². The molecule has 0 aromatic heterocycles. The third-order valence-corrected chi connectivity index (χ3v) is 3.76. The van der Waals surface area contributed by atoms with Crippen LogP contribution in [0.1, 0.15) is 23.6 Å². The molecule has 2 atom stereocenters. The molecule has 20 heavy (non-hydrogen) atoms. The van der Waals surface area contributed by atoms with E-state index in [4.69, 9.17) is 0 Å². The number of carboxylic acid groups (broad SMARTS) is 1. The summed E-state index contributed by atoms with van der Waals surface area (Å²) in [6.07, 6.45) is 0.101. The summed E-state index contributed by atoms with van der Waals surface area (Å²) < 4.78 is 0. The molecule has 2 aromatic carbocycles. The van der Waals surface area contributed by atoms with E-state index >= 15 is 0 Å². The van der Waals surface area contributed by atoms with Crippen molar-refractivity contribution in [3.8, 4) is 0 Å². The molecule has 0 amide bonds. The Bertz CT molecular complexity index is 641. The van der Waals surface area contributed by atoms with Gasteiger partial charge in [0.15, 0.2) is 5.60 Å². The number of carbonyl (C=O) groups is 1. The second kappa shape index (κ2) is 4.65. The van der Waals surface area contributed by atoms with Crippen LogP contribution < -0.4 is 5.32 Å². The minimum absolute atomic E-state index is 0.101. The number of hydrogen-bond donors (Lipinski definition) is 3. The number of nitrogens with one attached hydrogen (secondary N) is 1. The van der Waals surface area contributed by atoms with Crippen molar-refractivity contribution in [1.29, 1.82) is 0 Å². The van der Waals surface area contributed by atoms with Gasteiger partial charge in [-0.1, -0.05) is 48.5 Å². The number of rotatable bonds is 2. The third-order valence-electron chi connectivity index (χ3n) is 3.76. The van der Waals surface area contributed by atoms with Gasteiger partial charge in [-0.2, -0.15) is 0 Å². The molecule has 3 N–H and O–H groups in total. The van der Waals surface area contributed by atoms with Crippen LogP contribution in [0.5, 0.6) is 0 Å². The zero-order chi connectivity index (χ0) is 14.2. The summed E-state index contributed by atoms with van der Waals surface area (Å²) in [7, 11) is 0. The van der Waals surface area contributed by atoms with Crippen LogP contribution in [0.4, 0.5) is 5.69 Å². The quantitative estimate of drug-likeness (QED) is 0.783. The van der Waals surface area contributed by atoms with Gasteiger partial charge in [0.05, 0.1) is 6.04 Å². The van der Waals surface area contributed by atoms with Gasteiger partial charge in [0.25, 0.3) is 0 Å². The number of para-hydroxylation sites is 1. The molecule has 0 fully saturated rings. The average molecular weight is 269 g/mol. The molecule has 2 unspecified atom stereocenters. The van der Waals surface area contributed by atoms with E-state index in [0.29, 0.717) is 11.3 Å². The highest BCUT2D eigenvalue weighted by Gasteiger charge is 2.45. The second-order valence-electron chi connectivity index (χ2n) is 5.02. The molecule has 4 nitrogen and oxygen atoms in total. The van der Waals surface area contributed by atoms with Crippen molar-refractivity contribution >= 4 is 11.7 Å². The predicted octanol–water partition coefficient (Wildman–Crippen LogP) is 2.52. The van der Waals surface area contributed by atoms with Gasteiger partial charge < -0.3 is 15.5 Å². The fourth-order valence-corrected chi connectivity index (χ4v) is 2.70. The summed E-state index contributed by atoms with van der Waals surface area (Å²) in [5.74, 6) is -1.22. The van der Waals surface area contributed by atoms with Crippen LogP contribution in [0.3, 0.4) is 0 Å². The normalized spacial score (nSPS) is 24.6. The van der Waals surface area contributed by atoms with Crippen LogP contribution in [0.25, 0.3) is 0 Å². The van der Waals surface area contributed by atoms with Gasteiger partial charge in [-0.15, -0.1) is 0 Å². The highest BCUT2D eigenvalue weighted by Crippen LogP contribution is 2.42. The molecule has 0 spiro atoms. The maximum atomic E-state index is 11.5. The third kappa shape index (κ3) is 1.94. The SMILES string of the molecule is O=C(O)C1(O)CC(c2ccccc2)Nc2ccccc21. The Kier molecular flexibility index (Phi) is 2.95. The minimum atomic E-state index is -1.86. The van der Waals surface area contributed by atoms with Gasteiger partial charge in [0.1, 0.15) is 0 Å². The zero-order valence-electron chi connectivity index (χ0n) is 10.8. The first kappa shape index (κ1) is 12.7. The number of fused-ring (bicyclic) bond motifs is 1. The van der Waals surface area contributed by atoms with Crippen molar-refractivity contribution in [1.82, 2.24) is 0 Å². The predicted molar refractivity (Wildman–Crippen MR) is 75.4 cm³/mol. The number of aliphatic hydroxyl groups is 1. The minimum Gasteiger partial charge on any atom is -0.479 e. The van der Waals surface area contributed by atoms with Crippen LogP contribution >= 0.6 is 0 Å². The first-order chi connectivity index (χ1) is 9.61. The summed E-state index contributed by atoms with van der Waals surface area (Å²) in [5, 5.41) is 23.3. The number of benzene rings is 2. The Hall–Kier alpha value is -2.33. The van der Waals surface area contributed by atoms with E-state index in [9.17, 15) is 15.0 Å². The van der Waals surface area contributed by atoms with Gasteiger partial charge in [0.2, 0.25) is 0 Å². The van der Waals surface area contributed by atoms with Crippen molar-refractivity contribution in [3.05, 3.63) is 65.7 Å². The van der Waals surface area contributed by atoms with Gasteiger partial charge >= 0.3 is 5.97 Å². The van der Waals surface area contributed by atoms with Crippen molar-refractivity contribution in [2.75, 3.05) is 5.32 Å². The summed E-state index contributed by atoms with van der Waals surface area (Å²) in [5.41, 5.74) is 0.182.